The van der Waals surface area contributed by atoms with Gasteiger partial charge in [-0.25, -0.2) is 4.79 Å². The van der Waals surface area contributed by atoms with Gasteiger partial charge in [0.05, 0.1) is 11.5 Å². The molecule has 0 amide bonds. The first-order valence-corrected chi connectivity index (χ1v) is 9.42. The molecule has 24 heavy (non-hydrogen) atoms. The maximum atomic E-state index is 12.4. The minimum atomic E-state index is -0.757. The highest BCUT2D eigenvalue weighted by Crippen LogP contribution is 2.60. The van der Waals surface area contributed by atoms with Crippen molar-refractivity contribution in [2.24, 2.45) is 18.4 Å². The molecule has 5 nitrogen and oxygen atoms in total. The fourth-order valence-electron chi connectivity index (χ4n) is 4.01. The molecule has 0 saturated heterocycles. The van der Waals surface area contributed by atoms with E-state index < -0.39 is 11.4 Å². The van der Waals surface area contributed by atoms with Crippen molar-refractivity contribution in [1.82, 2.24) is 9.13 Å². The summed E-state index contributed by atoms with van der Waals surface area (Å²) in [5.41, 5.74) is -0.865. The van der Waals surface area contributed by atoms with Gasteiger partial charge in [-0.1, -0.05) is 58.8 Å². The van der Waals surface area contributed by atoms with E-state index in [1.807, 2.05) is 6.92 Å². The van der Waals surface area contributed by atoms with Crippen LogP contribution >= 0.6 is 0 Å². The summed E-state index contributed by atoms with van der Waals surface area (Å²) in [5.74, 6) is -0.615. The summed E-state index contributed by atoms with van der Waals surface area (Å²) in [4.78, 5) is 24.3. The van der Waals surface area contributed by atoms with E-state index in [9.17, 15) is 14.7 Å². The fourth-order valence-corrected chi connectivity index (χ4v) is 4.01. The number of hydrogen-bond donors (Lipinski definition) is 1. The smallest absolute Gasteiger partial charge is 0.328 e. The van der Waals surface area contributed by atoms with Gasteiger partial charge >= 0.3 is 11.7 Å². The molecule has 1 N–H and O–H groups in total. The minimum absolute atomic E-state index is 0.109. The quantitative estimate of drug-likeness (QED) is 0.622. The van der Waals surface area contributed by atoms with E-state index in [1.165, 1.54) is 36.7 Å². The Morgan fingerprint density at radius 2 is 1.83 bits per heavy atom. The van der Waals surface area contributed by atoms with Crippen molar-refractivity contribution in [3.8, 4) is 0 Å². The van der Waals surface area contributed by atoms with Gasteiger partial charge < -0.3 is 9.67 Å². The highest BCUT2D eigenvalue weighted by molar-refractivity contribution is 5.79. The Bertz CT molecular complexity index is 604. The van der Waals surface area contributed by atoms with Crippen LogP contribution in [-0.2, 0) is 11.8 Å². The molecule has 0 aromatic carbocycles. The molecule has 1 saturated carbocycles. The van der Waals surface area contributed by atoms with Gasteiger partial charge in [-0.05, 0) is 18.8 Å². The summed E-state index contributed by atoms with van der Waals surface area (Å²) in [7, 11) is 1.72. The third-order valence-electron chi connectivity index (χ3n) is 5.75. The molecule has 3 atom stereocenters. The van der Waals surface area contributed by atoms with E-state index in [4.69, 9.17) is 0 Å². The average molecular weight is 336 g/mol. The van der Waals surface area contributed by atoms with Crippen LogP contribution in [-0.4, -0.2) is 20.2 Å². The van der Waals surface area contributed by atoms with Gasteiger partial charge in [0.25, 0.3) is 0 Å². The van der Waals surface area contributed by atoms with Crippen LogP contribution in [0.3, 0.4) is 0 Å². The van der Waals surface area contributed by atoms with Crippen LogP contribution in [0.1, 0.15) is 77.7 Å². The van der Waals surface area contributed by atoms with Gasteiger partial charge in [-0.3, -0.25) is 9.36 Å². The van der Waals surface area contributed by atoms with Crippen LogP contribution in [0.25, 0.3) is 0 Å². The SMILES string of the molecule is CCCCCCCCCC(n1ccn(C)c1=O)C1(C(=O)O)CC1C. The second kappa shape index (κ2) is 8.04. The summed E-state index contributed by atoms with van der Waals surface area (Å²) in [6.07, 6.45) is 13.3. The van der Waals surface area contributed by atoms with E-state index >= 15 is 0 Å². The number of imidazole rings is 1. The van der Waals surface area contributed by atoms with Crippen LogP contribution in [0.5, 0.6) is 0 Å². The number of aromatic nitrogens is 2. The summed E-state index contributed by atoms with van der Waals surface area (Å²) in [5, 5.41) is 9.78. The van der Waals surface area contributed by atoms with Gasteiger partial charge in [0.2, 0.25) is 0 Å². The molecule has 0 radical (unpaired) electrons. The topological polar surface area (TPSA) is 64.2 Å². The molecule has 0 spiro atoms. The summed E-state index contributed by atoms with van der Waals surface area (Å²) >= 11 is 0. The average Bonchev–Trinajstić information content (AvgIpc) is 3.13. The molecular formula is C19H32N2O3. The number of aryl methyl sites for hydroxylation is 1. The molecule has 5 heteroatoms. The molecule has 0 aliphatic heterocycles. The Morgan fingerprint density at radius 3 is 2.29 bits per heavy atom. The van der Waals surface area contributed by atoms with Crippen molar-refractivity contribution < 1.29 is 9.90 Å². The molecule has 0 bridgehead atoms. The Morgan fingerprint density at radius 1 is 1.25 bits per heavy atom. The molecule has 1 fully saturated rings. The maximum absolute atomic E-state index is 12.4. The standard InChI is InChI=1S/C19H32N2O3/c1-4-5-6-7-8-9-10-11-16(19(17(22)23)14-15(19)2)21-13-12-20(3)18(21)24/h12-13,15-16H,4-11,14H2,1-3H3,(H,22,23). The third kappa shape index (κ3) is 3.76. The highest BCUT2D eigenvalue weighted by atomic mass is 16.4. The molecule has 1 aliphatic carbocycles. The number of hydrogen-bond acceptors (Lipinski definition) is 2. The Hall–Kier alpha value is -1.52. The lowest BCUT2D eigenvalue weighted by Crippen LogP contribution is -2.35. The van der Waals surface area contributed by atoms with Gasteiger partial charge in [-0.15, -0.1) is 0 Å². The number of unbranched alkanes of at least 4 members (excludes halogenated alkanes) is 6. The van der Waals surface area contributed by atoms with Crippen LogP contribution in [0, 0.1) is 11.3 Å². The predicted molar refractivity (Wildman–Crippen MR) is 95.2 cm³/mol. The Kier molecular flexibility index (Phi) is 6.30. The van der Waals surface area contributed by atoms with Crippen LogP contribution < -0.4 is 5.69 Å². The third-order valence-corrected chi connectivity index (χ3v) is 5.75. The van der Waals surface area contributed by atoms with Crippen molar-refractivity contribution in [2.45, 2.75) is 77.7 Å². The molecule has 136 valence electrons. The van der Waals surface area contributed by atoms with E-state index in [0.717, 1.165) is 19.3 Å². The summed E-state index contributed by atoms with van der Waals surface area (Å²) < 4.78 is 3.19. The molecule has 1 heterocycles. The second-order valence-electron chi connectivity index (χ2n) is 7.48. The van der Waals surface area contributed by atoms with Crippen LogP contribution in [0.15, 0.2) is 17.2 Å². The highest BCUT2D eigenvalue weighted by Gasteiger charge is 2.63. The molecule has 2 rings (SSSR count). The monoisotopic (exact) mass is 336 g/mol. The predicted octanol–water partition coefficient (Wildman–Crippen LogP) is 3.98. The molecule has 1 aromatic heterocycles. The van der Waals surface area contributed by atoms with Crippen molar-refractivity contribution in [3.63, 3.8) is 0 Å². The van der Waals surface area contributed by atoms with Crippen molar-refractivity contribution in [1.29, 1.82) is 0 Å². The minimum Gasteiger partial charge on any atom is -0.481 e. The zero-order chi connectivity index (χ0) is 17.7. The van der Waals surface area contributed by atoms with E-state index in [0.29, 0.717) is 6.42 Å². The Balaban J connectivity index is 2.01. The van der Waals surface area contributed by atoms with E-state index in [2.05, 4.69) is 6.92 Å². The number of rotatable bonds is 11. The lowest BCUT2D eigenvalue weighted by Gasteiger charge is -2.25. The molecule has 1 aliphatic rings. The number of carboxylic acid groups (broad SMARTS) is 1. The number of carboxylic acids is 1. The first kappa shape index (κ1) is 18.8. The summed E-state index contributed by atoms with van der Waals surface area (Å²) in [6.45, 7) is 4.20. The van der Waals surface area contributed by atoms with Gasteiger partial charge in [0.1, 0.15) is 0 Å². The molecule has 1 aromatic rings. The number of aliphatic carboxylic acids is 1. The van der Waals surface area contributed by atoms with Crippen molar-refractivity contribution in [2.75, 3.05) is 0 Å². The molecular weight excluding hydrogens is 304 g/mol. The zero-order valence-electron chi connectivity index (χ0n) is 15.3. The lowest BCUT2D eigenvalue weighted by molar-refractivity contribution is -0.146. The van der Waals surface area contributed by atoms with Crippen molar-refractivity contribution in [3.05, 3.63) is 22.9 Å². The van der Waals surface area contributed by atoms with Gasteiger partial charge in [0.15, 0.2) is 0 Å². The van der Waals surface area contributed by atoms with Gasteiger partial charge in [0, 0.05) is 19.4 Å². The largest absolute Gasteiger partial charge is 0.481 e. The van der Waals surface area contributed by atoms with Crippen LogP contribution in [0.4, 0.5) is 0 Å². The zero-order valence-corrected chi connectivity index (χ0v) is 15.3. The maximum Gasteiger partial charge on any atom is 0.328 e. The Labute approximate surface area is 144 Å². The number of nitrogens with zero attached hydrogens (tertiary/aromatic N) is 2. The first-order chi connectivity index (χ1) is 11.4. The fraction of sp³-hybridized carbons (Fsp3) is 0.789. The second-order valence-corrected chi connectivity index (χ2v) is 7.48. The van der Waals surface area contributed by atoms with Crippen LogP contribution in [0.2, 0.25) is 0 Å². The lowest BCUT2D eigenvalue weighted by atomic mass is 9.89. The normalized spacial score (nSPS) is 24.0. The first-order valence-electron chi connectivity index (χ1n) is 9.42. The van der Waals surface area contributed by atoms with E-state index in [1.54, 1.807) is 24.0 Å². The number of carbonyl (C=O) groups is 1. The molecule has 3 unspecified atom stereocenters. The van der Waals surface area contributed by atoms with Crippen molar-refractivity contribution >= 4 is 5.97 Å². The summed E-state index contributed by atoms with van der Waals surface area (Å²) in [6, 6.07) is -0.227. The van der Waals surface area contributed by atoms with Gasteiger partial charge in [-0.2, -0.15) is 0 Å². The van der Waals surface area contributed by atoms with E-state index in [-0.39, 0.29) is 17.6 Å².